The summed E-state index contributed by atoms with van der Waals surface area (Å²) in [4.78, 5) is 22.0. The summed E-state index contributed by atoms with van der Waals surface area (Å²) in [5, 5.41) is 2.73. The lowest BCUT2D eigenvalue weighted by molar-refractivity contribution is 0.0941. The first kappa shape index (κ1) is 9.39. The summed E-state index contributed by atoms with van der Waals surface area (Å²) in [6.45, 7) is 0.452. The highest BCUT2D eigenvalue weighted by molar-refractivity contribution is 5.90. The monoisotopic (exact) mass is 202 g/mol. The highest BCUT2D eigenvalue weighted by Gasteiger charge is 2.06. The molecule has 0 atom stereocenters. The van der Waals surface area contributed by atoms with Gasteiger partial charge >= 0.3 is 0 Å². The first-order chi connectivity index (χ1) is 7.36. The molecular formula is C10H10N4O. The Morgan fingerprint density at radius 2 is 2.40 bits per heavy atom. The Hall–Kier alpha value is -2.17. The second kappa shape index (κ2) is 4.36. The third kappa shape index (κ3) is 2.40. The molecule has 0 saturated carbocycles. The molecule has 0 bridgehead atoms. The SMILES string of the molecule is O=C(NCc1cccnc1)c1ncc[nH]1. The van der Waals surface area contributed by atoms with Gasteiger partial charge in [-0.05, 0) is 11.6 Å². The van der Waals surface area contributed by atoms with E-state index in [9.17, 15) is 4.79 Å². The van der Waals surface area contributed by atoms with Crippen molar-refractivity contribution in [3.8, 4) is 0 Å². The van der Waals surface area contributed by atoms with Crippen LogP contribution in [0.15, 0.2) is 36.9 Å². The van der Waals surface area contributed by atoms with Gasteiger partial charge in [-0.15, -0.1) is 0 Å². The fourth-order valence-corrected chi connectivity index (χ4v) is 1.16. The van der Waals surface area contributed by atoms with Crippen LogP contribution in [0, 0.1) is 0 Å². The molecule has 15 heavy (non-hydrogen) atoms. The largest absolute Gasteiger partial charge is 0.345 e. The average molecular weight is 202 g/mol. The standard InChI is InChI=1S/C10H10N4O/c15-10(9-12-4-5-13-9)14-7-8-2-1-3-11-6-8/h1-6H,7H2,(H,12,13)(H,14,15). The predicted molar refractivity (Wildman–Crippen MR) is 54.0 cm³/mol. The van der Waals surface area contributed by atoms with Crippen LogP contribution in [0.1, 0.15) is 16.2 Å². The molecule has 0 aliphatic heterocycles. The number of aromatic nitrogens is 3. The number of aromatic amines is 1. The van der Waals surface area contributed by atoms with Crippen LogP contribution in [0.4, 0.5) is 0 Å². The molecular weight excluding hydrogens is 192 g/mol. The van der Waals surface area contributed by atoms with Crippen molar-refractivity contribution in [2.75, 3.05) is 0 Å². The predicted octanol–water partition coefficient (Wildman–Crippen LogP) is 0.735. The first-order valence-electron chi connectivity index (χ1n) is 4.53. The van der Waals surface area contributed by atoms with Crippen LogP contribution in [-0.4, -0.2) is 20.9 Å². The topological polar surface area (TPSA) is 70.7 Å². The summed E-state index contributed by atoms with van der Waals surface area (Å²) in [6, 6.07) is 3.73. The number of hydrogen-bond acceptors (Lipinski definition) is 3. The average Bonchev–Trinajstić information content (AvgIpc) is 2.81. The van der Waals surface area contributed by atoms with E-state index in [-0.39, 0.29) is 5.91 Å². The van der Waals surface area contributed by atoms with Crippen LogP contribution in [0.25, 0.3) is 0 Å². The number of nitrogens with one attached hydrogen (secondary N) is 2. The van der Waals surface area contributed by atoms with Gasteiger partial charge in [-0.3, -0.25) is 9.78 Å². The summed E-state index contributed by atoms with van der Waals surface area (Å²) in [6.07, 6.45) is 6.55. The molecule has 0 saturated heterocycles. The lowest BCUT2D eigenvalue weighted by Gasteiger charge is -2.01. The van der Waals surface area contributed by atoms with Crippen molar-refractivity contribution in [1.29, 1.82) is 0 Å². The van der Waals surface area contributed by atoms with Crippen molar-refractivity contribution in [3.63, 3.8) is 0 Å². The Labute approximate surface area is 86.6 Å². The van der Waals surface area contributed by atoms with Gasteiger partial charge in [0.05, 0.1) is 0 Å². The zero-order chi connectivity index (χ0) is 10.5. The van der Waals surface area contributed by atoms with Gasteiger partial charge in [0.1, 0.15) is 0 Å². The van der Waals surface area contributed by atoms with E-state index in [4.69, 9.17) is 0 Å². The minimum Gasteiger partial charge on any atom is -0.345 e. The maximum Gasteiger partial charge on any atom is 0.287 e. The van der Waals surface area contributed by atoms with Gasteiger partial charge < -0.3 is 10.3 Å². The molecule has 2 rings (SSSR count). The number of rotatable bonds is 3. The summed E-state index contributed by atoms with van der Waals surface area (Å²) in [5.74, 6) is 0.0998. The molecule has 2 aromatic heterocycles. The van der Waals surface area contributed by atoms with Gasteiger partial charge in [0.2, 0.25) is 0 Å². The molecule has 0 aromatic carbocycles. The molecule has 5 nitrogen and oxygen atoms in total. The quantitative estimate of drug-likeness (QED) is 0.771. The Kier molecular flexibility index (Phi) is 2.73. The van der Waals surface area contributed by atoms with Gasteiger partial charge in [-0.2, -0.15) is 0 Å². The normalized spacial score (nSPS) is 9.87. The number of amides is 1. The second-order valence-electron chi connectivity index (χ2n) is 2.98. The van der Waals surface area contributed by atoms with Gasteiger partial charge in [-0.25, -0.2) is 4.98 Å². The van der Waals surface area contributed by atoms with Crippen molar-refractivity contribution in [2.24, 2.45) is 0 Å². The molecule has 0 spiro atoms. The van der Waals surface area contributed by atoms with Crippen LogP contribution in [-0.2, 0) is 6.54 Å². The van der Waals surface area contributed by atoms with E-state index in [0.717, 1.165) is 5.56 Å². The Morgan fingerprint density at radius 1 is 1.47 bits per heavy atom. The second-order valence-corrected chi connectivity index (χ2v) is 2.98. The van der Waals surface area contributed by atoms with E-state index in [1.54, 1.807) is 24.8 Å². The van der Waals surface area contributed by atoms with Gasteiger partial charge in [0.25, 0.3) is 5.91 Å². The van der Waals surface area contributed by atoms with Gasteiger partial charge in [0, 0.05) is 31.3 Å². The maximum atomic E-state index is 11.5. The van der Waals surface area contributed by atoms with Gasteiger partial charge in [-0.1, -0.05) is 6.07 Å². The fourth-order valence-electron chi connectivity index (χ4n) is 1.16. The van der Waals surface area contributed by atoms with Crippen molar-refractivity contribution >= 4 is 5.91 Å². The molecule has 0 aliphatic rings. The molecule has 2 heterocycles. The van der Waals surface area contributed by atoms with E-state index in [2.05, 4.69) is 20.3 Å². The Morgan fingerprint density at radius 3 is 3.07 bits per heavy atom. The fraction of sp³-hybridized carbons (Fsp3) is 0.100. The molecule has 1 amide bonds. The van der Waals surface area contributed by atoms with Crippen LogP contribution in [0.3, 0.4) is 0 Å². The van der Waals surface area contributed by atoms with Crippen molar-refractivity contribution in [1.82, 2.24) is 20.3 Å². The van der Waals surface area contributed by atoms with Crippen molar-refractivity contribution in [3.05, 3.63) is 48.3 Å². The zero-order valence-corrected chi connectivity index (χ0v) is 7.97. The van der Waals surface area contributed by atoms with Crippen LogP contribution in [0.2, 0.25) is 0 Å². The van der Waals surface area contributed by atoms with E-state index in [1.165, 1.54) is 0 Å². The van der Waals surface area contributed by atoms with Crippen molar-refractivity contribution < 1.29 is 4.79 Å². The number of H-pyrrole nitrogens is 1. The van der Waals surface area contributed by atoms with Gasteiger partial charge in [0.15, 0.2) is 5.82 Å². The highest BCUT2D eigenvalue weighted by atomic mass is 16.2. The molecule has 2 N–H and O–H groups in total. The van der Waals surface area contributed by atoms with E-state index >= 15 is 0 Å². The Bertz CT molecular complexity index is 424. The first-order valence-corrected chi connectivity index (χ1v) is 4.53. The summed E-state index contributed by atoms with van der Waals surface area (Å²) >= 11 is 0. The Balaban J connectivity index is 1.92. The number of carbonyl (C=O) groups is 1. The summed E-state index contributed by atoms with van der Waals surface area (Å²) in [5.41, 5.74) is 0.956. The third-order valence-corrected chi connectivity index (χ3v) is 1.89. The lowest BCUT2D eigenvalue weighted by atomic mass is 10.3. The molecule has 76 valence electrons. The van der Waals surface area contributed by atoms with Crippen LogP contribution < -0.4 is 5.32 Å². The number of hydrogen-bond donors (Lipinski definition) is 2. The number of carbonyl (C=O) groups excluding carboxylic acids is 1. The maximum absolute atomic E-state index is 11.5. The van der Waals surface area contributed by atoms with E-state index in [0.29, 0.717) is 12.4 Å². The number of nitrogens with zero attached hydrogens (tertiary/aromatic N) is 2. The minimum absolute atomic E-state index is 0.219. The van der Waals surface area contributed by atoms with E-state index in [1.807, 2.05) is 12.1 Å². The molecule has 0 fully saturated rings. The number of pyridine rings is 1. The molecule has 0 unspecified atom stereocenters. The molecule has 0 radical (unpaired) electrons. The highest BCUT2D eigenvalue weighted by Crippen LogP contribution is 1.95. The molecule has 0 aliphatic carbocycles. The molecule has 5 heteroatoms. The van der Waals surface area contributed by atoms with Crippen molar-refractivity contribution in [2.45, 2.75) is 6.54 Å². The molecule has 2 aromatic rings. The van der Waals surface area contributed by atoms with Crippen LogP contribution >= 0.6 is 0 Å². The third-order valence-electron chi connectivity index (χ3n) is 1.89. The smallest absolute Gasteiger partial charge is 0.287 e. The number of imidazole rings is 1. The zero-order valence-electron chi connectivity index (χ0n) is 7.97. The van der Waals surface area contributed by atoms with E-state index < -0.39 is 0 Å². The summed E-state index contributed by atoms with van der Waals surface area (Å²) < 4.78 is 0. The lowest BCUT2D eigenvalue weighted by Crippen LogP contribution is -2.23. The minimum atomic E-state index is -0.219. The van der Waals surface area contributed by atoms with Crippen LogP contribution in [0.5, 0.6) is 0 Å². The summed E-state index contributed by atoms with van der Waals surface area (Å²) in [7, 11) is 0.